The van der Waals surface area contributed by atoms with Crippen LogP contribution in [0.3, 0.4) is 0 Å². The molecule has 0 unspecified atom stereocenters. The maximum atomic E-state index is 13.0. The minimum Gasteiger partial charge on any atom is -0.368 e. The molecule has 0 aliphatic rings. The zero-order chi connectivity index (χ0) is 19.5. The van der Waals surface area contributed by atoms with Crippen LogP contribution in [0.2, 0.25) is 0 Å². The number of aromatic nitrogens is 7. The summed E-state index contributed by atoms with van der Waals surface area (Å²) >= 11 is 3.39. The van der Waals surface area contributed by atoms with Crippen molar-refractivity contribution in [1.82, 2.24) is 35.2 Å². The quantitative estimate of drug-likeness (QED) is 0.484. The molecule has 0 amide bonds. The SMILES string of the molecule is Nc1nc(Cn2nnc(-c3ccc(Br)cc3)n2)nc(Nc2ccc(F)cc2)n1. The van der Waals surface area contributed by atoms with Crippen molar-refractivity contribution in [3.63, 3.8) is 0 Å². The largest absolute Gasteiger partial charge is 0.368 e. The Bertz CT molecular complexity index is 1100. The molecule has 2 aromatic carbocycles. The van der Waals surface area contributed by atoms with Crippen molar-refractivity contribution in [3.8, 4) is 11.4 Å². The molecule has 0 radical (unpaired) electrons. The number of anilines is 3. The topological polar surface area (TPSA) is 120 Å². The highest BCUT2D eigenvalue weighted by Gasteiger charge is 2.10. The van der Waals surface area contributed by atoms with Gasteiger partial charge in [-0.1, -0.05) is 15.9 Å². The predicted octanol–water partition coefficient (Wildman–Crippen LogP) is 2.80. The third kappa shape index (κ3) is 4.26. The molecule has 11 heteroatoms. The smallest absolute Gasteiger partial charge is 0.232 e. The van der Waals surface area contributed by atoms with Gasteiger partial charge in [0.15, 0.2) is 5.82 Å². The lowest BCUT2D eigenvalue weighted by Crippen LogP contribution is -2.12. The van der Waals surface area contributed by atoms with Gasteiger partial charge in [-0.25, -0.2) is 4.39 Å². The average Bonchev–Trinajstić information content (AvgIpc) is 3.12. The van der Waals surface area contributed by atoms with E-state index in [2.05, 4.69) is 51.6 Å². The van der Waals surface area contributed by atoms with E-state index in [9.17, 15) is 4.39 Å². The number of nitrogen functional groups attached to an aromatic ring is 1. The summed E-state index contributed by atoms with van der Waals surface area (Å²) < 4.78 is 14.0. The molecule has 2 heterocycles. The zero-order valence-electron chi connectivity index (χ0n) is 14.3. The van der Waals surface area contributed by atoms with Crippen molar-refractivity contribution in [3.05, 3.63) is 64.6 Å². The van der Waals surface area contributed by atoms with Crippen molar-refractivity contribution >= 4 is 33.5 Å². The first-order chi connectivity index (χ1) is 13.5. The summed E-state index contributed by atoms with van der Waals surface area (Å²) in [6, 6.07) is 13.4. The minimum atomic E-state index is -0.333. The van der Waals surface area contributed by atoms with Crippen molar-refractivity contribution in [1.29, 1.82) is 0 Å². The number of hydrogen-bond donors (Lipinski definition) is 2. The summed E-state index contributed by atoms with van der Waals surface area (Å²) in [5.74, 6) is 0.793. The van der Waals surface area contributed by atoms with Crippen LogP contribution in [0.4, 0.5) is 22.0 Å². The molecular formula is C17H13BrFN9. The molecule has 2 aromatic heterocycles. The fraction of sp³-hybridized carbons (Fsp3) is 0.0588. The zero-order valence-corrected chi connectivity index (χ0v) is 15.9. The van der Waals surface area contributed by atoms with E-state index in [1.165, 1.54) is 16.9 Å². The number of benzene rings is 2. The predicted molar refractivity (Wildman–Crippen MR) is 104 cm³/mol. The second-order valence-corrected chi connectivity index (χ2v) is 6.63. The van der Waals surface area contributed by atoms with Gasteiger partial charge in [-0.15, -0.1) is 10.2 Å². The molecule has 9 nitrogen and oxygen atoms in total. The van der Waals surface area contributed by atoms with Crippen LogP contribution >= 0.6 is 15.9 Å². The first kappa shape index (κ1) is 17.9. The Morgan fingerprint density at radius 3 is 2.50 bits per heavy atom. The van der Waals surface area contributed by atoms with Gasteiger partial charge in [0.1, 0.15) is 12.4 Å². The number of hydrogen-bond acceptors (Lipinski definition) is 8. The lowest BCUT2D eigenvalue weighted by atomic mass is 10.2. The van der Waals surface area contributed by atoms with Crippen molar-refractivity contribution < 1.29 is 4.39 Å². The second-order valence-electron chi connectivity index (χ2n) is 5.72. The lowest BCUT2D eigenvalue weighted by molar-refractivity contribution is 0.554. The van der Waals surface area contributed by atoms with Gasteiger partial charge < -0.3 is 11.1 Å². The van der Waals surface area contributed by atoms with Crippen molar-refractivity contribution in [2.45, 2.75) is 6.54 Å². The average molecular weight is 442 g/mol. The molecule has 0 fully saturated rings. The molecule has 4 aromatic rings. The van der Waals surface area contributed by atoms with Crippen LogP contribution < -0.4 is 11.1 Å². The van der Waals surface area contributed by atoms with Crippen LogP contribution in [0, 0.1) is 5.82 Å². The highest BCUT2D eigenvalue weighted by atomic mass is 79.9. The second kappa shape index (κ2) is 7.64. The maximum Gasteiger partial charge on any atom is 0.232 e. The van der Waals surface area contributed by atoms with Gasteiger partial charge >= 0.3 is 0 Å². The van der Waals surface area contributed by atoms with Gasteiger partial charge in [0.2, 0.25) is 17.7 Å². The summed E-state index contributed by atoms with van der Waals surface area (Å²) in [6.07, 6.45) is 0. The van der Waals surface area contributed by atoms with E-state index < -0.39 is 0 Å². The molecular weight excluding hydrogens is 429 g/mol. The van der Waals surface area contributed by atoms with Crippen LogP contribution in [0.5, 0.6) is 0 Å². The van der Waals surface area contributed by atoms with Gasteiger partial charge in [0.05, 0.1) is 0 Å². The fourth-order valence-corrected chi connectivity index (χ4v) is 2.64. The first-order valence-electron chi connectivity index (χ1n) is 8.12. The maximum absolute atomic E-state index is 13.0. The summed E-state index contributed by atoms with van der Waals surface area (Å²) in [6.45, 7) is 0.161. The Morgan fingerprint density at radius 2 is 1.75 bits per heavy atom. The van der Waals surface area contributed by atoms with Crippen LogP contribution in [0.15, 0.2) is 53.0 Å². The van der Waals surface area contributed by atoms with Crippen molar-refractivity contribution in [2.75, 3.05) is 11.1 Å². The van der Waals surface area contributed by atoms with E-state index in [1.54, 1.807) is 12.1 Å². The molecule has 28 heavy (non-hydrogen) atoms. The number of nitrogens with two attached hydrogens (primary N) is 1. The molecule has 0 aliphatic carbocycles. The van der Waals surface area contributed by atoms with E-state index in [0.29, 0.717) is 17.3 Å². The normalized spacial score (nSPS) is 10.8. The molecule has 0 atom stereocenters. The summed E-state index contributed by atoms with van der Waals surface area (Å²) in [4.78, 5) is 13.8. The third-order valence-corrected chi connectivity index (χ3v) is 4.17. The molecule has 3 N–H and O–H groups in total. The first-order valence-corrected chi connectivity index (χ1v) is 8.91. The molecule has 0 saturated carbocycles. The number of rotatable bonds is 5. The van der Waals surface area contributed by atoms with E-state index >= 15 is 0 Å². The van der Waals surface area contributed by atoms with E-state index in [-0.39, 0.29) is 24.3 Å². The van der Waals surface area contributed by atoms with Crippen LogP contribution in [-0.2, 0) is 6.54 Å². The van der Waals surface area contributed by atoms with E-state index in [1.807, 2.05) is 24.3 Å². The van der Waals surface area contributed by atoms with Crippen LogP contribution in [-0.4, -0.2) is 35.2 Å². The highest BCUT2D eigenvalue weighted by molar-refractivity contribution is 9.10. The standard InChI is InChI=1S/C17H13BrFN9/c18-11-3-1-10(2-4-11)15-25-27-28(26-15)9-14-22-16(20)24-17(23-14)21-13-7-5-12(19)6-8-13/h1-8H,9H2,(H3,20,21,22,23,24). The Balaban J connectivity index is 1.52. The molecule has 0 spiro atoms. The van der Waals surface area contributed by atoms with Crippen molar-refractivity contribution in [2.24, 2.45) is 0 Å². The molecule has 0 aliphatic heterocycles. The van der Waals surface area contributed by atoms with Gasteiger partial charge in [0.25, 0.3) is 0 Å². The summed E-state index contributed by atoms with van der Waals surface area (Å²) in [5.41, 5.74) is 7.23. The Labute approximate surface area is 167 Å². The van der Waals surface area contributed by atoms with Gasteiger partial charge in [-0.2, -0.15) is 19.7 Å². The lowest BCUT2D eigenvalue weighted by Gasteiger charge is -2.07. The number of halogens is 2. The Morgan fingerprint density at radius 1 is 1.00 bits per heavy atom. The Kier molecular flexibility index (Phi) is 4.89. The van der Waals surface area contributed by atoms with Gasteiger partial charge in [-0.3, -0.25) is 0 Å². The highest BCUT2D eigenvalue weighted by Crippen LogP contribution is 2.18. The fourth-order valence-electron chi connectivity index (χ4n) is 2.38. The van der Waals surface area contributed by atoms with E-state index in [4.69, 9.17) is 5.73 Å². The monoisotopic (exact) mass is 441 g/mol. The van der Waals surface area contributed by atoms with E-state index in [0.717, 1.165) is 10.0 Å². The Hall–Kier alpha value is -3.47. The number of tetrazole rings is 1. The summed E-state index contributed by atoms with van der Waals surface area (Å²) in [7, 11) is 0. The molecule has 0 bridgehead atoms. The summed E-state index contributed by atoms with van der Waals surface area (Å²) in [5, 5.41) is 15.4. The minimum absolute atomic E-state index is 0.0443. The molecule has 0 saturated heterocycles. The number of nitrogens with one attached hydrogen (secondary N) is 1. The molecule has 4 rings (SSSR count). The molecule has 140 valence electrons. The van der Waals surface area contributed by atoms with Gasteiger partial charge in [-0.05, 0) is 53.7 Å². The van der Waals surface area contributed by atoms with Crippen LogP contribution in [0.25, 0.3) is 11.4 Å². The third-order valence-electron chi connectivity index (χ3n) is 3.64. The van der Waals surface area contributed by atoms with Crippen LogP contribution in [0.1, 0.15) is 5.82 Å². The number of nitrogens with zero attached hydrogens (tertiary/aromatic N) is 7. The van der Waals surface area contributed by atoms with Gasteiger partial charge in [0, 0.05) is 15.7 Å².